The summed E-state index contributed by atoms with van der Waals surface area (Å²) in [5.41, 5.74) is 5.03. The van der Waals surface area contributed by atoms with Gasteiger partial charge in [0.15, 0.2) is 0 Å². The molecule has 1 heterocycles. The molecule has 1 saturated heterocycles. The second-order valence-electron chi connectivity index (χ2n) is 4.47. The van der Waals surface area contributed by atoms with Crippen LogP contribution in [0.5, 0.6) is 0 Å². The third-order valence-corrected chi connectivity index (χ3v) is 3.07. The molecule has 0 bridgehead atoms. The fourth-order valence-corrected chi connectivity index (χ4v) is 2.20. The van der Waals surface area contributed by atoms with E-state index in [1.54, 1.807) is 0 Å². The van der Waals surface area contributed by atoms with Crippen LogP contribution in [0.25, 0.3) is 0 Å². The van der Waals surface area contributed by atoms with Crippen LogP contribution in [0.15, 0.2) is 0 Å². The van der Waals surface area contributed by atoms with Gasteiger partial charge in [0.25, 0.3) is 0 Å². The number of rotatable bonds is 7. The van der Waals surface area contributed by atoms with Gasteiger partial charge in [-0.1, -0.05) is 13.3 Å². The maximum Gasteiger partial charge on any atom is 0.320 e. The van der Waals surface area contributed by atoms with Crippen molar-refractivity contribution in [2.75, 3.05) is 13.1 Å². The van der Waals surface area contributed by atoms with Gasteiger partial charge in [0.1, 0.15) is 6.04 Å². The van der Waals surface area contributed by atoms with Crippen LogP contribution in [-0.2, 0) is 9.59 Å². The minimum absolute atomic E-state index is 0.145. The molecule has 1 unspecified atom stereocenters. The summed E-state index contributed by atoms with van der Waals surface area (Å²) in [6, 6.07) is -0.541. The van der Waals surface area contributed by atoms with Gasteiger partial charge in [-0.3, -0.25) is 14.5 Å². The summed E-state index contributed by atoms with van der Waals surface area (Å²) in [7, 11) is 0. The fraction of sp³-hybridized carbons (Fsp3) is 0.818. The molecule has 1 rings (SSSR count). The summed E-state index contributed by atoms with van der Waals surface area (Å²) in [4.78, 5) is 23.6. The maximum atomic E-state index is 11.0. The Kier molecular flexibility index (Phi) is 4.73. The van der Waals surface area contributed by atoms with Gasteiger partial charge < -0.3 is 10.8 Å². The predicted octanol–water partition coefficient (Wildman–Crippen LogP) is 0.437. The predicted molar refractivity (Wildman–Crippen MR) is 59.8 cm³/mol. The van der Waals surface area contributed by atoms with Crippen LogP contribution in [-0.4, -0.2) is 41.0 Å². The normalized spacial score (nSPS) is 19.1. The van der Waals surface area contributed by atoms with Gasteiger partial charge in [0.2, 0.25) is 5.91 Å². The van der Waals surface area contributed by atoms with Crippen LogP contribution in [0.2, 0.25) is 0 Å². The zero-order valence-corrected chi connectivity index (χ0v) is 9.69. The molecule has 1 amide bonds. The van der Waals surface area contributed by atoms with Gasteiger partial charge in [-0.25, -0.2) is 0 Å². The summed E-state index contributed by atoms with van der Waals surface area (Å²) in [5.74, 6) is -0.659. The SMILES string of the molecule is CCCC1CN(C(CCC(N)=O)C(=O)O)C1. The number of amides is 1. The van der Waals surface area contributed by atoms with Crippen molar-refractivity contribution >= 4 is 11.9 Å². The Morgan fingerprint density at radius 3 is 2.56 bits per heavy atom. The lowest BCUT2D eigenvalue weighted by Crippen LogP contribution is -2.54. The summed E-state index contributed by atoms with van der Waals surface area (Å²) in [6.45, 7) is 3.80. The number of nitrogens with two attached hydrogens (primary N) is 1. The molecule has 92 valence electrons. The molecular formula is C11H20N2O3. The van der Waals surface area contributed by atoms with Gasteiger partial charge in [0.05, 0.1) is 0 Å². The first-order chi connectivity index (χ1) is 7.54. The quantitative estimate of drug-likeness (QED) is 0.662. The number of primary amides is 1. The molecule has 1 atom stereocenters. The molecule has 16 heavy (non-hydrogen) atoms. The number of carboxylic acids is 1. The van der Waals surface area contributed by atoms with E-state index in [4.69, 9.17) is 10.8 Å². The molecular weight excluding hydrogens is 208 g/mol. The van der Waals surface area contributed by atoms with Crippen LogP contribution >= 0.6 is 0 Å². The van der Waals surface area contributed by atoms with Gasteiger partial charge in [-0.15, -0.1) is 0 Å². The average Bonchev–Trinajstić information content (AvgIpc) is 2.12. The summed E-state index contributed by atoms with van der Waals surface area (Å²) < 4.78 is 0. The van der Waals surface area contributed by atoms with E-state index in [2.05, 4.69) is 6.92 Å². The van der Waals surface area contributed by atoms with Crippen LogP contribution in [0.1, 0.15) is 32.6 Å². The summed E-state index contributed by atoms with van der Waals surface area (Å²) in [6.07, 6.45) is 2.76. The molecule has 1 aliphatic heterocycles. The van der Waals surface area contributed by atoms with Gasteiger partial charge in [0, 0.05) is 19.5 Å². The van der Waals surface area contributed by atoms with E-state index < -0.39 is 17.9 Å². The minimum Gasteiger partial charge on any atom is -0.480 e. The monoisotopic (exact) mass is 228 g/mol. The lowest BCUT2D eigenvalue weighted by Gasteiger charge is -2.42. The van der Waals surface area contributed by atoms with Crippen molar-refractivity contribution in [3.63, 3.8) is 0 Å². The third-order valence-electron chi connectivity index (χ3n) is 3.07. The van der Waals surface area contributed by atoms with E-state index in [9.17, 15) is 9.59 Å². The highest BCUT2D eigenvalue weighted by Crippen LogP contribution is 2.24. The number of hydrogen-bond acceptors (Lipinski definition) is 3. The van der Waals surface area contributed by atoms with E-state index in [1.165, 1.54) is 0 Å². The number of hydrogen-bond donors (Lipinski definition) is 2. The van der Waals surface area contributed by atoms with Crippen LogP contribution in [0, 0.1) is 5.92 Å². The molecule has 0 aromatic carbocycles. The first-order valence-electron chi connectivity index (χ1n) is 5.79. The molecule has 0 spiro atoms. The van der Waals surface area contributed by atoms with E-state index >= 15 is 0 Å². The van der Waals surface area contributed by atoms with Crippen molar-refractivity contribution in [1.29, 1.82) is 0 Å². The molecule has 5 heteroatoms. The fourth-order valence-electron chi connectivity index (χ4n) is 2.20. The van der Waals surface area contributed by atoms with E-state index in [1.807, 2.05) is 4.90 Å². The number of carbonyl (C=O) groups excluding carboxylic acids is 1. The molecule has 0 saturated carbocycles. The Morgan fingerprint density at radius 2 is 2.12 bits per heavy atom. The van der Waals surface area contributed by atoms with E-state index in [0.29, 0.717) is 12.3 Å². The van der Waals surface area contributed by atoms with Gasteiger partial charge in [-0.05, 0) is 18.8 Å². The first-order valence-corrected chi connectivity index (χ1v) is 5.79. The maximum absolute atomic E-state index is 11.0. The Labute approximate surface area is 95.6 Å². The molecule has 0 aliphatic carbocycles. The van der Waals surface area contributed by atoms with Crippen LogP contribution < -0.4 is 5.73 Å². The number of likely N-dealkylation sites (tertiary alicyclic amines) is 1. The molecule has 3 N–H and O–H groups in total. The number of aliphatic carboxylic acids is 1. The topological polar surface area (TPSA) is 83.6 Å². The second-order valence-corrected chi connectivity index (χ2v) is 4.47. The Balaban J connectivity index is 2.35. The van der Waals surface area contributed by atoms with Crippen LogP contribution in [0.4, 0.5) is 0 Å². The second kappa shape index (κ2) is 5.84. The smallest absolute Gasteiger partial charge is 0.320 e. The highest BCUT2D eigenvalue weighted by Gasteiger charge is 2.35. The van der Waals surface area contributed by atoms with Gasteiger partial charge >= 0.3 is 5.97 Å². The summed E-state index contributed by atoms with van der Waals surface area (Å²) in [5, 5.41) is 9.04. The Morgan fingerprint density at radius 1 is 1.50 bits per heavy atom. The van der Waals surface area contributed by atoms with Crippen molar-refractivity contribution < 1.29 is 14.7 Å². The lowest BCUT2D eigenvalue weighted by molar-refractivity contribution is -0.146. The third kappa shape index (κ3) is 3.48. The van der Waals surface area contributed by atoms with Crippen molar-refractivity contribution in [3.8, 4) is 0 Å². The van der Waals surface area contributed by atoms with E-state index in [0.717, 1.165) is 25.9 Å². The van der Waals surface area contributed by atoms with E-state index in [-0.39, 0.29) is 6.42 Å². The zero-order chi connectivity index (χ0) is 12.1. The minimum atomic E-state index is -0.851. The molecule has 0 aromatic heterocycles. The first kappa shape index (κ1) is 13.0. The average molecular weight is 228 g/mol. The van der Waals surface area contributed by atoms with Crippen molar-refractivity contribution in [2.24, 2.45) is 11.7 Å². The molecule has 1 aliphatic rings. The lowest BCUT2D eigenvalue weighted by atomic mass is 9.92. The van der Waals surface area contributed by atoms with Crippen molar-refractivity contribution in [2.45, 2.75) is 38.6 Å². The molecule has 0 radical (unpaired) electrons. The molecule has 1 fully saturated rings. The zero-order valence-electron chi connectivity index (χ0n) is 9.69. The van der Waals surface area contributed by atoms with Crippen molar-refractivity contribution in [3.05, 3.63) is 0 Å². The number of carbonyl (C=O) groups is 2. The van der Waals surface area contributed by atoms with Gasteiger partial charge in [-0.2, -0.15) is 0 Å². The summed E-state index contributed by atoms with van der Waals surface area (Å²) >= 11 is 0. The molecule has 0 aromatic rings. The number of nitrogens with zero attached hydrogens (tertiary/aromatic N) is 1. The standard InChI is InChI=1S/C11H20N2O3/c1-2-3-8-6-13(7-8)9(11(15)16)4-5-10(12)14/h8-9H,2-7H2,1H3,(H2,12,14)(H,15,16). The van der Waals surface area contributed by atoms with Crippen LogP contribution in [0.3, 0.4) is 0 Å². The Hall–Kier alpha value is -1.10. The highest BCUT2D eigenvalue weighted by molar-refractivity contribution is 5.77. The Bertz CT molecular complexity index is 262. The highest BCUT2D eigenvalue weighted by atomic mass is 16.4. The number of carboxylic acid groups (broad SMARTS) is 1. The largest absolute Gasteiger partial charge is 0.480 e. The van der Waals surface area contributed by atoms with Crippen molar-refractivity contribution in [1.82, 2.24) is 4.90 Å². The molecule has 5 nitrogen and oxygen atoms in total.